The van der Waals surface area contributed by atoms with Crippen molar-refractivity contribution in [2.45, 2.75) is 25.4 Å². The molecule has 0 aromatic carbocycles. The first kappa shape index (κ1) is 9.80. The maximum Gasteiger partial charge on any atom is 0.175 e. The van der Waals surface area contributed by atoms with Gasteiger partial charge in [0.25, 0.3) is 0 Å². The molecule has 2 rings (SSSR count). The molecule has 1 aromatic rings. The smallest absolute Gasteiger partial charge is 0.175 e. The lowest BCUT2D eigenvalue weighted by Crippen LogP contribution is -2.27. The number of hydrogen-bond donors (Lipinski definition) is 1. The minimum absolute atomic E-state index is 0.497. The molecule has 1 unspecified atom stereocenters. The number of halogens is 1. The summed E-state index contributed by atoms with van der Waals surface area (Å²) in [6.45, 7) is 1.92. The maximum absolute atomic E-state index is 6.05. The molecule has 1 atom stereocenters. The standard InChI is InChI=1S/C9H14ClN3O/c1-14-8-5-12-13(9(8)10)6-7-3-2-4-11-7/h5,7,11H,2-4,6H2,1H3. The van der Waals surface area contributed by atoms with E-state index in [2.05, 4.69) is 10.4 Å². The van der Waals surface area contributed by atoms with Gasteiger partial charge in [0, 0.05) is 6.04 Å². The van der Waals surface area contributed by atoms with E-state index in [1.807, 2.05) is 0 Å². The van der Waals surface area contributed by atoms with E-state index in [4.69, 9.17) is 16.3 Å². The Morgan fingerprint density at radius 3 is 3.21 bits per heavy atom. The monoisotopic (exact) mass is 215 g/mol. The van der Waals surface area contributed by atoms with E-state index in [9.17, 15) is 0 Å². The first-order chi connectivity index (χ1) is 6.81. The van der Waals surface area contributed by atoms with Crippen LogP contribution in [0.2, 0.25) is 5.15 Å². The molecule has 1 saturated heterocycles. The molecule has 1 aromatic heterocycles. The van der Waals surface area contributed by atoms with Gasteiger partial charge in [-0.05, 0) is 19.4 Å². The molecule has 1 aliphatic heterocycles. The fourth-order valence-corrected chi connectivity index (χ4v) is 1.98. The molecule has 0 aliphatic carbocycles. The quantitative estimate of drug-likeness (QED) is 0.826. The summed E-state index contributed by atoms with van der Waals surface area (Å²) in [7, 11) is 1.60. The Kier molecular flexibility index (Phi) is 2.93. The molecule has 14 heavy (non-hydrogen) atoms. The third-order valence-corrected chi connectivity index (χ3v) is 2.90. The average molecular weight is 216 g/mol. The van der Waals surface area contributed by atoms with Crippen molar-refractivity contribution in [3.8, 4) is 5.75 Å². The lowest BCUT2D eigenvalue weighted by atomic mass is 10.2. The molecule has 0 saturated carbocycles. The van der Waals surface area contributed by atoms with Crippen LogP contribution in [0.5, 0.6) is 5.75 Å². The van der Waals surface area contributed by atoms with Gasteiger partial charge in [-0.1, -0.05) is 11.6 Å². The topological polar surface area (TPSA) is 39.1 Å². The highest BCUT2D eigenvalue weighted by atomic mass is 35.5. The number of hydrogen-bond acceptors (Lipinski definition) is 3. The Balaban J connectivity index is 2.04. The Morgan fingerprint density at radius 2 is 2.64 bits per heavy atom. The normalized spacial score (nSPS) is 21.4. The average Bonchev–Trinajstić information content (AvgIpc) is 2.79. The van der Waals surface area contributed by atoms with Crippen LogP contribution < -0.4 is 10.1 Å². The molecule has 0 radical (unpaired) electrons. The number of methoxy groups -OCH3 is 1. The minimum Gasteiger partial charge on any atom is -0.492 e. The van der Waals surface area contributed by atoms with E-state index in [1.165, 1.54) is 12.8 Å². The molecule has 2 heterocycles. The largest absolute Gasteiger partial charge is 0.492 e. The minimum atomic E-state index is 0.497. The van der Waals surface area contributed by atoms with Crippen molar-refractivity contribution in [1.82, 2.24) is 15.1 Å². The van der Waals surface area contributed by atoms with Crippen molar-refractivity contribution in [2.24, 2.45) is 0 Å². The van der Waals surface area contributed by atoms with Gasteiger partial charge in [0.1, 0.15) is 0 Å². The van der Waals surface area contributed by atoms with Gasteiger partial charge in [0.05, 0.1) is 19.9 Å². The summed E-state index contributed by atoms with van der Waals surface area (Å²) in [6.07, 6.45) is 4.08. The molecule has 1 aliphatic rings. The first-order valence-electron chi connectivity index (χ1n) is 4.80. The predicted molar refractivity (Wildman–Crippen MR) is 54.8 cm³/mol. The molecule has 4 nitrogen and oxygen atoms in total. The molecule has 1 fully saturated rings. The Hall–Kier alpha value is -0.740. The maximum atomic E-state index is 6.05. The second-order valence-electron chi connectivity index (χ2n) is 3.48. The van der Waals surface area contributed by atoms with E-state index >= 15 is 0 Å². The first-order valence-corrected chi connectivity index (χ1v) is 5.17. The zero-order valence-electron chi connectivity index (χ0n) is 8.16. The highest BCUT2D eigenvalue weighted by Gasteiger charge is 2.17. The van der Waals surface area contributed by atoms with Gasteiger partial charge in [-0.3, -0.25) is 0 Å². The van der Waals surface area contributed by atoms with Crippen molar-refractivity contribution in [1.29, 1.82) is 0 Å². The van der Waals surface area contributed by atoms with Crippen molar-refractivity contribution in [3.05, 3.63) is 11.3 Å². The summed E-state index contributed by atoms with van der Waals surface area (Å²) in [5.74, 6) is 0.643. The van der Waals surface area contributed by atoms with Gasteiger partial charge in [0.15, 0.2) is 10.9 Å². The zero-order valence-corrected chi connectivity index (χ0v) is 8.92. The van der Waals surface area contributed by atoms with Gasteiger partial charge in [0.2, 0.25) is 0 Å². The Bertz CT molecular complexity index is 307. The van der Waals surface area contributed by atoms with E-state index in [1.54, 1.807) is 18.0 Å². The molecule has 0 bridgehead atoms. The van der Waals surface area contributed by atoms with Crippen molar-refractivity contribution >= 4 is 11.6 Å². The van der Waals surface area contributed by atoms with Crippen LogP contribution in [0.3, 0.4) is 0 Å². The number of rotatable bonds is 3. The molecule has 1 N–H and O–H groups in total. The number of aromatic nitrogens is 2. The molecule has 0 amide bonds. The molecular formula is C9H14ClN3O. The van der Waals surface area contributed by atoms with Gasteiger partial charge in [-0.15, -0.1) is 0 Å². The summed E-state index contributed by atoms with van der Waals surface area (Å²) < 4.78 is 6.84. The number of ether oxygens (including phenoxy) is 1. The van der Waals surface area contributed by atoms with Crippen molar-refractivity contribution < 1.29 is 4.74 Å². The summed E-state index contributed by atoms with van der Waals surface area (Å²) in [6, 6.07) is 0.497. The zero-order chi connectivity index (χ0) is 9.97. The van der Waals surface area contributed by atoms with E-state index in [0.29, 0.717) is 16.9 Å². The third-order valence-electron chi connectivity index (χ3n) is 2.52. The van der Waals surface area contributed by atoms with Crippen LogP contribution in [0.1, 0.15) is 12.8 Å². The Labute approximate surface area is 88.2 Å². The Morgan fingerprint density at radius 1 is 1.79 bits per heavy atom. The second kappa shape index (κ2) is 4.19. The van der Waals surface area contributed by atoms with Gasteiger partial charge < -0.3 is 10.1 Å². The van der Waals surface area contributed by atoms with Gasteiger partial charge in [-0.2, -0.15) is 5.10 Å². The fraction of sp³-hybridized carbons (Fsp3) is 0.667. The summed E-state index contributed by atoms with van der Waals surface area (Å²) >= 11 is 6.05. The lowest BCUT2D eigenvalue weighted by molar-refractivity contribution is 0.412. The number of nitrogens with one attached hydrogen (secondary N) is 1. The van der Waals surface area contributed by atoms with E-state index in [-0.39, 0.29) is 0 Å². The van der Waals surface area contributed by atoms with Crippen LogP contribution in [0.15, 0.2) is 6.20 Å². The van der Waals surface area contributed by atoms with Crippen LogP contribution >= 0.6 is 11.6 Å². The summed E-state index contributed by atoms with van der Waals surface area (Å²) in [5.41, 5.74) is 0. The van der Waals surface area contributed by atoms with Gasteiger partial charge in [-0.25, -0.2) is 4.68 Å². The molecular weight excluding hydrogens is 202 g/mol. The van der Waals surface area contributed by atoms with E-state index in [0.717, 1.165) is 13.1 Å². The highest BCUT2D eigenvalue weighted by molar-refractivity contribution is 6.31. The van der Waals surface area contributed by atoms with Crippen molar-refractivity contribution in [2.75, 3.05) is 13.7 Å². The molecule has 0 spiro atoms. The van der Waals surface area contributed by atoms with Crippen LogP contribution in [0.4, 0.5) is 0 Å². The van der Waals surface area contributed by atoms with Crippen LogP contribution in [0.25, 0.3) is 0 Å². The second-order valence-corrected chi connectivity index (χ2v) is 3.84. The number of nitrogens with zero attached hydrogens (tertiary/aromatic N) is 2. The lowest BCUT2D eigenvalue weighted by Gasteiger charge is -2.10. The van der Waals surface area contributed by atoms with Crippen LogP contribution in [-0.2, 0) is 6.54 Å². The fourth-order valence-electron chi connectivity index (χ4n) is 1.74. The molecule has 5 heteroatoms. The SMILES string of the molecule is COc1cnn(CC2CCCN2)c1Cl. The van der Waals surface area contributed by atoms with Crippen molar-refractivity contribution in [3.63, 3.8) is 0 Å². The van der Waals surface area contributed by atoms with Crippen LogP contribution in [0, 0.1) is 0 Å². The van der Waals surface area contributed by atoms with Crippen LogP contribution in [-0.4, -0.2) is 29.5 Å². The summed E-state index contributed by atoms with van der Waals surface area (Å²) in [5, 5.41) is 8.15. The van der Waals surface area contributed by atoms with E-state index < -0.39 is 0 Å². The predicted octanol–water partition coefficient (Wildman–Crippen LogP) is 1.30. The highest BCUT2D eigenvalue weighted by Crippen LogP contribution is 2.23. The summed E-state index contributed by atoms with van der Waals surface area (Å²) in [4.78, 5) is 0. The molecule has 78 valence electrons. The third kappa shape index (κ3) is 1.86. The van der Waals surface area contributed by atoms with Gasteiger partial charge >= 0.3 is 0 Å².